The molecule has 0 saturated carbocycles. The number of hydrogen-bond donors (Lipinski definition) is 1. The molecule has 0 bridgehead atoms. The molecule has 2 aromatic rings. The molecule has 0 unspecified atom stereocenters. The van der Waals surface area contributed by atoms with Crippen molar-refractivity contribution in [3.8, 4) is 11.5 Å². The maximum Gasteiger partial charge on any atom is 0.282 e. The number of carbonyl (C=O) groups is 2. The molecule has 0 aromatic heterocycles. The Bertz CT molecular complexity index is 928. The Morgan fingerprint density at radius 3 is 2.54 bits per heavy atom. The van der Waals surface area contributed by atoms with Gasteiger partial charge >= 0.3 is 0 Å². The number of halogens is 1. The van der Waals surface area contributed by atoms with Gasteiger partial charge in [-0.05, 0) is 49.2 Å². The summed E-state index contributed by atoms with van der Waals surface area (Å²) in [6, 6.07) is 12.5. The monoisotopic (exact) mass is 444 g/mol. The normalized spacial score (nSPS) is 16.3. The molecule has 0 radical (unpaired) electrons. The maximum atomic E-state index is 12.7. The third kappa shape index (κ3) is 4.04. The first-order valence-corrected chi connectivity index (χ1v) is 9.70. The van der Waals surface area contributed by atoms with Crippen LogP contribution in [0, 0.1) is 0 Å². The van der Waals surface area contributed by atoms with Crippen LogP contribution in [-0.4, -0.2) is 25.0 Å². The van der Waals surface area contributed by atoms with E-state index < -0.39 is 11.8 Å². The molecule has 0 aliphatic carbocycles. The van der Waals surface area contributed by atoms with Crippen molar-refractivity contribution in [2.45, 2.75) is 26.4 Å². The molecule has 1 aliphatic rings. The van der Waals surface area contributed by atoms with Gasteiger partial charge in [-0.1, -0.05) is 41.1 Å². The molecule has 3 rings (SSSR count). The van der Waals surface area contributed by atoms with E-state index >= 15 is 0 Å². The third-order valence-corrected chi connectivity index (χ3v) is 5.08. The van der Waals surface area contributed by atoms with Crippen molar-refractivity contribution < 1.29 is 19.1 Å². The molecule has 0 spiro atoms. The second-order valence-corrected chi connectivity index (χ2v) is 7.19. The van der Waals surface area contributed by atoms with Crippen LogP contribution in [-0.2, 0) is 9.59 Å². The number of hydrazine groups is 1. The standard InChI is InChI=1S/C21H21BrN2O4/c1-4-13(2)28-19-12-17(22)14(11-18(19)27-3)10-16-20(25)23-24(21(16)26)15-8-6-5-7-9-15/h5-13H,4H2,1-3H3,(H,23,25)/b16-10-/t13-/m1/s1. The zero-order chi connectivity index (χ0) is 20.3. The number of carbonyl (C=O) groups excluding carboxylic acids is 2. The fraction of sp³-hybridized carbons (Fsp3) is 0.238. The van der Waals surface area contributed by atoms with Gasteiger partial charge in [0.1, 0.15) is 5.57 Å². The number of benzene rings is 2. The Kier molecular flexibility index (Phi) is 6.04. The molecule has 6 nitrogen and oxygen atoms in total. The van der Waals surface area contributed by atoms with Gasteiger partial charge in [0.05, 0.1) is 18.9 Å². The molecular weight excluding hydrogens is 424 g/mol. The lowest BCUT2D eigenvalue weighted by molar-refractivity contribution is -0.117. The molecule has 146 valence electrons. The summed E-state index contributed by atoms with van der Waals surface area (Å²) in [6.07, 6.45) is 2.43. The summed E-state index contributed by atoms with van der Waals surface area (Å²) in [4.78, 5) is 25.1. The van der Waals surface area contributed by atoms with Crippen molar-refractivity contribution in [2.24, 2.45) is 0 Å². The smallest absolute Gasteiger partial charge is 0.282 e. The number of nitrogens with one attached hydrogen (secondary N) is 1. The molecule has 7 heteroatoms. The topological polar surface area (TPSA) is 67.9 Å². The van der Waals surface area contributed by atoms with Crippen molar-refractivity contribution in [1.82, 2.24) is 5.43 Å². The fourth-order valence-corrected chi connectivity index (χ4v) is 3.12. The highest BCUT2D eigenvalue weighted by Gasteiger charge is 2.34. The Morgan fingerprint density at radius 2 is 1.89 bits per heavy atom. The van der Waals surface area contributed by atoms with Crippen LogP contribution in [0.3, 0.4) is 0 Å². The predicted molar refractivity (Wildman–Crippen MR) is 111 cm³/mol. The summed E-state index contributed by atoms with van der Waals surface area (Å²) in [7, 11) is 1.55. The van der Waals surface area contributed by atoms with Gasteiger partial charge in [0, 0.05) is 4.47 Å². The van der Waals surface area contributed by atoms with Gasteiger partial charge < -0.3 is 9.47 Å². The van der Waals surface area contributed by atoms with Crippen molar-refractivity contribution >= 4 is 39.5 Å². The summed E-state index contributed by atoms with van der Waals surface area (Å²) >= 11 is 3.49. The minimum atomic E-state index is -0.459. The third-order valence-electron chi connectivity index (χ3n) is 4.39. The minimum Gasteiger partial charge on any atom is -0.493 e. The zero-order valence-electron chi connectivity index (χ0n) is 15.9. The lowest BCUT2D eigenvalue weighted by atomic mass is 10.1. The van der Waals surface area contributed by atoms with Crippen molar-refractivity contribution in [1.29, 1.82) is 0 Å². The molecule has 2 amide bonds. The summed E-state index contributed by atoms with van der Waals surface area (Å²) in [5, 5.41) is 1.24. The van der Waals surface area contributed by atoms with E-state index in [2.05, 4.69) is 21.4 Å². The molecular formula is C21H21BrN2O4. The van der Waals surface area contributed by atoms with E-state index in [1.807, 2.05) is 19.9 Å². The first-order valence-electron chi connectivity index (χ1n) is 8.91. The molecule has 1 aliphatic heterocycles. The van der Waals surface area contributed by atoms with E-state index in [4.69, 9.17) is 9.47 Å². The maximum absolute atomic E-state index is 12.7. The summed E-state index contributed by atoms with van der Waals surface area (Å²) in [6.45, 7) is 4.01. The number of para-hydroxylation sites is 1. The van der Waals surface area contributed by atoms with Crippen LogP contribution < -0.4 is 19.9 Å². The van der Waals surface area contributed by atoms with E-state index in [-0.39, 0.29) is 11.7 Å². The number of hydrogen-bond acceptors (Lipinski definition) is 4. The van der Waals surface area contributed by atoms with Gasteiger partial charge in [0.25, 0.3) is 11.8 Å². The number of nitrogens with zero attached hydrogens (tertiary/aromatic N) is 1. The highest BCUT2D eigenvalue weighted by molar-refractivity contribution is 9.10. The lowest BCUT2D eigenvalue weighted by Gasteiger charge is -2.17. The Balaban J connectivity index is 1.94. The van der Waals surface area contributed by atoms with Crippen molar-refractivity contribution in [3.63, 3.8) is 0 Å². The number of rotatable bonds is 6. The van der Waals surface area contributed by atoms with E-state index in [0.717, 1.165) is 6.42 Å². The van der Waals surface area contributed by atoms with E-state index in [0.29, 0.717) is 27.2 Å². The number of anilines is 1. The molecule has 1 heterocycles. The second kappa shape index (κ2) is 8.48. The predicted octanol–water partition coefficient (Wildman–Crippen LogP) is 4.10. The number of ether oxygens (including phenoxy) is 2. The van der Waals surface area contributed by atoms with Crippen LogP contribution in [0.5, 0.6) is 11.5 Å². The first kappa shape index (κ1) is 19.9. The number of amides is 2. The molecule has 1 N–H and O–H groups in total. The minimum absolute atomic E-state index is 0.0339. The Hall–Kier alpha value is -2.80. The summed E-state index contributed by atoms with van der Waals surface area (Å²) in [5.41, 5.74) is 3.87. The Morgan fingerprint density at radius 1 is 1.18 bits per heavy atom. The average molecular weight is 445 g/mol. The van der Waals surface area contributed by atoms with Gasteiger partial charge in [-0.15, -0.1) is 0 Å². The van der Waals surface area contributed by atoms with Crippen LogP contribution in [0.2, 0.25) is 0 Å². The van der Waals surface area contributed by atoms with Crippen LogP contribution >= 0.6 is 15.9 Å². The van der Waals surface area contributed by atoms with Crippen molar-refractivity contribution in [2.75, 3.05) is 12.1 Å². The van der Waals surface area contributed by atoms with Gasteiger partial charge in [0.15, 0.2) is 11.5 Å². The Labute approximate surface area is 172 Å². The van der Waals surface area contributed by atoms with E-state index in [9.17, 15) is 9.59 Å². The number of methoxy groups -OCH3 is 1. The summed E-state index contributed by atoms with van der Waals surface area (Å²) < 4.78 is 12.0. The second-order valence-electron chi connectivity index (χ2n) is 6.34. The van der Waals surface area contributed by atoms with Gasteiger partial charge in [-0.2, -0.15) is 0 Å². The zero-order valence-corrected chi connectivity index (χ0v) is 17.4. The fourth-order valence-electron chi connectivity index (χ4n) is 2.68. The van der Waals surface area contributed by atoms with E-state index in [1.54, 1.807) is 49.6 Å². The SMILES string of the molecule is CC[C@@H](C)Oc1cc(Br)c(/C=C2/C(=O)NN(c3ccccc3)C2=O)cc1OC. The van der Waals surface area contributed by atoms with Gasteiger partial charge in [-0.25, -0.2) is 5.01 Å². The largest absolute Gasteiger partial charge is 0.493 e. The highest BCUT2D eigenvalue weighted by Crippen LogP contribution is 2.36. The molecule has 2 aromatic carbocycles. The van der Waals surface area contributed by atoms with Crippen LogP contribution in [0.25, 0.3) is 6.08 Å². The molecule has 28 heavy (non-hydrogen) atoms. The van der Waals surface area contributed by atoms with Crippen molar-refractivity contribution in [3.05, 3.63) is 58.1 Å². The van der Waals surface area contributed by atoms with Crippen LogP contribution in [0.4, 0.5) is 5.69 Å². The molecule has 1 atom stereocenters. The highest BCUT2D eigenvalue weighted by atomic mass is 79.9. The average Bonchev–Trinajstić information content (AvgIpc) is 2.98. The van der Waals surface area contributed by atoms with E-state index in [1.165, 1.54) is 5.01 Å². The lowest BCUT2D eigenvalue weighted by Crippen LogP contribution is -2.35. The molecule has 1 fully saturated rings. The summed E-state index contributed by atoms with van der Waals surface area (Å²) in [5.74, 6) is 0.252. The van der Waals surface area contributed by atoms with Gasteiger partial charge in [0.2, 0.25) is 0 Å². The first-order chi connectivity index (χ1) is 13.4. The quantitative estimate of drug-likeness (QED) is 0.537. The van der Waals surface area contributed by atoms with Crippen LogP contribution in [0.15, 0.2) is 52.5 Å². The van der Waals surface area contributed by atoms with Crippen LogP contribution in [0.1, 0.15) is 25.8 Å². The van der Waals surface area contributed by atoms with Gasteiger partial charge in [-0.3, -0.25) is 15.0 Å². The molecule has 1 saturated heterocycles.